The molecule has 2 heterocycles. The molecule has 4 aromatic carbocycles. The van der Waals surface area contributed by atoms with E-state index in [4.69, 9.17) is 4.98 Å². The summed E-state index contributed by atoms with van der Waals surface area (Å²) < 4.78 is 79.2. The average Bonchev–Trinajstić information content (AvgIpc) is 3.88. The number of carbonyl (C=O) groups is 1. The highest BCUT2D eigenvalue weighted by molar-refractivity contribution is 7.86. The number of anilines is 2. The number of carboxylic acids is 1. The lowest BCUT2D eigenvalue weighted by atomic mass is 9.93. The van der Waals surface area contributed by atoms with Crippen molar-refractivity contribution < 1.29 is 36.0 Å². The van der Waals surface area contributed by atoms with Crippen molar-refractivity contribution in [3.8, 4) is 22.3 Å². The zero-order valence-electron chi connectivity index (χ0n) is 26.7. The molecule has 2 aliphatic carbocycles. The molecule has 2 N–H and O–H groups in total. The Kier molecular flexibility index (Phi) is 7.69. The summed E-state index contributed by atoms with van der Waals surface area (Å²) in [6.45, 7) is -0.191. The number of hydrogen-bond donors (Lipinski definition) is 2. The number of hydrogen-bond acceptors (Lipinski definition) is 6. The van der Waals surface area contributed by atoms with Crippen LogP contribution in [0.15, 0.2) is 108 Å². The van der Waals surface area contributed by atoms with Gasteiger partial charge in [0.05, 0.1) is 29.1 Å². The van der Waals surface area contributed by atoms with Crippen LogP contribution in [0.1, 0.15) is 57.1 Å². The van der Waals surface area contributed by atoms with Crippen LogP contribution in [-0.4, -0.2) is 34.0 Å². The first-order valence-corrected chi connectivity index (χ1v) is 17.6. The van der Waals surface area contributed by atoms with Gasteiger partial charge in [-0.1, -0.05) is 60.7 Å². The van der Waals surface area contributed by atoms with Crippen molar-refractivity contribution in [2.75, 3.05) is 4.90 Å². The second-order valence-electron chi connectivity index (χ2n) is 12.8. The molecule has 0 spiro atoms. The summed E-state index contributed by atoms with van der Waals surface area (Å²) in [5, 5.41) is 11.4. The first kappa shape index (κ1) is 32.6. The molecule has 0 saturated heterocycles. The number of carboxylic acid groups (broad SMARTS) is 1. The van der Waals surface area contributed by atoms with Crippen LogP contribution in [0.2, 0.25) is 0 Å². The van der Waals surface area contributed by atoms with Crippen molar-refractivity contribution in [2.45, 2.75) is 42.8 Å². The Morgan fingerprint density at radius 2 is 1.61 bits per heavy atom. The van der Waals surface area contributed by atoms with Gasteiger partial charge >= 0.3 is 12.1 Å². The molecule has 2 aromatic heterocycles. The van der Waals surface area contributed by atoms with Crippen molar-refractivity contribution in [3.05, 3.63) is 137 Å². The normalized spacial score (nSPS) is 14.0. The van der Waals surface area contributed by atoms with E-state index in [0.717, 1.165) is 52.6 Å². The van der Waals surface area contributed by atoms with Crippen LogP contribution in [0.25, 0.3) is 33.0 Å². The highest BCUT2D eigenvalue weighted by atomic mass is 32.2. The number of fused-ring (bicyclic) bond motifs is 4. The molecule has 8 nitrogen and oxygen atoms in total. The molecule has 0 amide bonds. The monoisotopic (exact) mass is 707 g/mol. The standard InChI is InChI=1S/C39H28F3N3O5S/c40-39(41,42)27-15-16-28(43-20-27)21-45(37-35(23-9-10-23)30-8-4-2-6-26(30)19-44-37)33-18-31-29-7-3-1-5-25(29)17-32(31)34(36(33)51(48,49)50)22-11-13-24(14-12-22)38(46)47/h1-8,11-16,18-20,23H,9-10,17,21H2,(H,46,47)(H,48,49,50). The summed E-state index contributed by atoms with van der Waals surface area (Å²) in [7, 11) is -5.03. The maximum Gasteiger partial charge on any atom is 0.417 e. The summed E-state index contributed by atoms with van der Waals surface area (Å²) in [6.07, 6.45) is -0.142. The summed E-state index contributed by atoms with van der Waals surface area (Å²) >= 11 is 0. The Morgan fingerprint density at radius 1 is 0.882 bits per heavy atom. The van der Waals surface area contributed by atoms with Gasteiger partial charge in [-0.25, -0.2) is 9.78 Å². The topological polar surface area (TPSA) is 121 Å². The van der Waals surface area contributed by atoms with Crippen molar-refractivity contribution >= 4 is 38.4 Å². The molecule has 8 rings (SSSR count). The van der Waals surface area contributed by atoms with Crippen LogP contribution in [0.4, 0.5) is 24.7 Å². The minimum absolute atomic E-state index is 0.00677. The predicted molar refractivity (Wildman–Crippen MR) is 186 cm³/mol. The molecule has 0 aliphatic heterocycles. The Balaban J connectivity index is 1.45. The molecule has 2 aliphatic rings. The van der Waals surface area contributed by atoms with E-state index >= 15 is 0 Å². The molecule has 6 aromatic rings. The lowest BCUT2D eigenvalue weighted by Crippen LogP contribution is -2.23. The van der Waals surface area contributed by atoms with Crippen LogP contribution in [0, 0.1) is 0 Å². The fourth-order valence-electron chi connectivity index (χ4n) is 7.07. The zero-order valence-corrected chi connectivity index (χ0v) is 27.5. The number of pyridine rings is 2. The zero-order chi connectivity index (χ0) is 35.7. The van der Waals surface area contributed by atoms with Gasteiger partial charge < -0.3 is 10.0 Å². The molecule has 12 heteroatoms. The second kappa shape index (κ2) is 12.0. The van der Waals surface area contributed by atoms with Gasteiger partial charge in [-0.05, 0) is 88.7 Å². The molecule has 0 bridgehead atoms. The molecular formula is C39H28F3N3O5S. The number of halogens is 3. The maximum atomic E-state index is 13.8. The van der Waals surface area contributed by atoms with E-state index in [0.29, 0.717) is 28.9 Å². The van der Waals surface area contributed by atoms with Crippen molar-refractivity contribution in [3.63, 3.8) is 0 Å². The first-order valence-electron chi connectivity index (χ1n) is 16.1. The van der Waals surface area contributed by atoms with Gasteiger partial charge in [0.1, 0.15) is 10.7 Å². The van der Waals surface area contributed by atoms with Crippen LogP contribution < -0.4 is 4.90 Å². The number of rotatable bonds is 8. The summed E-state index contributed by atoms with van der Waals surface area (Å²) in [4.78, 5) is 21.9. The molecule has 256 valence electrons. The largest absolute Gasteiger partial charge is 0.478 e. The van der Waals surface area contributed by atoms with Gasteiger partial charge in [-0.2, -0.15) is 21.6 Å². The molecule has 0 atom stereocenters. The number of nitrogens with zero attached hydrogens (tertiary/aromatic N) is 3. The fraction of sp³-hybridized carbons (Fsp3) is 0.154. The van der Waals surface area contributed by atoms with Crippen molar-refractivity contribution in [2.24, 2.45) is 0 Å². The summed E-state index contributed by atoms with van der Waals surface area (Å²) in [6, 6.07) is 24.9. The van der Waals surface area contributed by atoms with Crippen molar-refractivity contribution in [1.29, 1.82) is 0 Å². The number of alkyl halides is 3. The van der Waals surface area contributed by atoms with Gasteiger partial charge in [0.15, 0.2) is 0 Å². The van der Waals surface area contributed by atoms with Gasteiger partial charge in [-0.15, -0.1) is 0 Å². The fourth-order valence-corrected chi connectivity index (χ4v) is 8.01. The predicted octanol–water partition coefficient (Wildman–Crippen LogP) is 9.05. The third-order valence-electron chi connectivity index (χ3n) is 9.54. The van der Waals surface area contributed by atoms with Gasteiger partial charge in [0.2, 0.25) is 0 Å². The van der Waals surface area contributed by atoms with E-state index in [1.165, 1.54) is 30.3 Å². The van der Waals surface area contributed by atoms with E-state index in [1.807, 2.05) is 48.5 Å². The first-order chi connectivity index (χ1) is 24.4. The molecular weight excluding hydrogens is 680 g/mol. The molecule has 0 unspecified atom stereocenters. The molecule has 1 fully saturated rings. The van der Waals surface area contributed by atoms with Gasteiger partial charge in [0, 0.05) is 28.9 Å². The third-order valence-corrected chi connectivity index (χ3v) is 10.5. The van der Waals surface area contributed by atoms with Crippen LogP contribution in [-0.2, 0) is 29.3 Å². The minimum atomic E-state index is -5.03. The Bertz CT molecular complexity index is 2480. The van der Waals surface area contributed by atoms with Crippen LogP contribution in [0.3, 0.4) is 0 Å². The lowest BCUT2D eigenvalue weighted by molar-refractivity contribution is -0.137. The smallest absolute Gasteiger partial charge is 0.417 e. The summed E-state index contributed by atoms with van der Waals surface area (Å²) in [5.41, 5.74) is 3.82. The molecule has 0 radical (unpaired) electrons. The number of aromatic carboxylic acids is 1. The van der Waals surface area contributed by atoms with Crippen LogP contribution >= 0.6 is 0 Å². The van der Waals surface area contributed by atoms with E-state index in [-0.39, 0.29) is 35.0 Å². The van der Waals surface area contributed by atoms with Gasteiger partial charge in [-0.3, -0.25) is 9.54 Å². The number of benzene rings is 4. The Morgan fingerprint density at radius 3 is 2.27 bits per heavy atom. The number of aromatic nitrogens is 2. The Labute approximate surface area is 290 Å². The molecule has 51 heavy (non-hydrogen) atoms. The lowest BCUT2D eigenvalue weighted by Gasteiger charge is -2.30. The summed E-state index contributed by atoms with van der Waals surface area (Å²) in [5.74, 6) is -0.677. The maximum absolute atomic E-state index is 13.8. The average molecular weight is 708 g/mol. The Hall–Kier alpha value is -5.59. The molecule has 1 saturated carbocycles. The quantitative estimate of drug-likeness (QED) is 0.150. The van der Waals surface area contributed by atoms with E-state index in [9.17, 15) is 36.0 Å². The van der Waals surface area contributed by atoms with E-state index < -0.39 is 32.7 Å². The highest BCUT2D eigenvalue weighted by Crippen LogP contribution is 2.52. The van der Waals surface area contributed by atoms with E-state index in [2.05, 4.69) is 4.98 Å². The van der Waals surface area contributed by atoms with E-state index in [1.54, 1.807) is 17.2 Å². The SMILES string of the molecule is O=C(O)c1ccc(-c2c3c(cc(N(Cc4ccc(C(F)(F)F)cn4)c4ncc5ccccc5c4C4CC4)c2S(=O)(=O)O)-c2ccccc2C3)cc1. The van der Waals surface area contributed by atoms with Crippen molar-refractivity contribution in [1.82, 2.24) is 9.97 Å². The minimum Gasteiger partial charge on any atom is -0.478 e. The highest BCUT2D eigenvalue weighted by Gasteiger charge is 2.37. The second-order valence-corrected chi connectivity index (χ2v) is 14.2. The third kappa shape index (κ3) is 5.89. The van der Waals surface area contributed by atoms with Crippen LogP contribution in [0.5, 0.6) is 0 Å². The van der Waals surface area contributed by atoms with Gasteiger partial charge in [0.25, 0.3) is 10.1 Å².